The summed E-state index contributed by atoms with van der Waals surface area (Å²) in [6.07, 6.45) is 6.81. The van der Waals surface area contributed by atoms with Crippen molar-refractivity contribution in [1.29, 1.82) is 0 Å². The Balaban J connectivity index is 1.03. The summed E-state index contributed by atoms with van der Waals surface area (Å²) < 4.78 is 0. The van der Waals surface area contributed by atoms with Crippen molar-refractivity contribution in [2.24, 2.45) is 0 Å². The minimum absolute atomic E-state index is 1.05. The number of aryl methyl sites for hydroxylation is 1. The van der Waals surface area contributed by atoms with Gasteiger partial charge in [-0.3, -0.25) is 0 Å². The molecule has 0 aliphatic heterocycles. The highest BCUT2D eigenvalue weighted by Gasteiger charge is 2.19. The molecular formula is C56H39N. The predicted octanol–water partition coefficient (Wildman–Crippen LogP) is 15.7. The minimum atomic E-state index is 1.05. The lowest BCUT2D eigenvalue weighted by molar-refractivity contribution is 0.999. The van der Waals surface area contributed by atoms with Crippen LogP contribution in [-0.4, -0.2) is 0 Å². The van der Waals surface area contributed by atoms with Gasteiger partial charge in [0.05, 0.1) is 0 Å². The van der Waals surface area contributed by atoms with Crippen LogP contribution in [0.5, 0.6) is 0 Å². The summed E-state index contributed by atoms with van der Waals surface area (Å²) >= 11 is 0. The zero-order valence-corrected chi connectivity index (χ0v) is 31.6. The van der Waals surface area contributed by atoms with Crippen LogP contribution in [-0.2, 0) is 6.42 Å². The fourth-order valence-corrected chi connectivity index (χ4v) is 9.17. The lowest BCUT2D eigenvalue weighted by Crippen LogP contribution is -2.10. The fourth-order valence-electron chi connectivity index (χ4n) is 9.17. The van der Waals surface area contributed by atoms with Crippen molar-refractivity contribution in [3.63, 3.8) is 0 Å². The molecule has 268 valence electrons. The van der Waals surface area contributed by atoms with Gasteiger partial charge in [0.25, 0.3) is 0 Å². The Labute approximate surface area is 333 Å². The van der Waals surface area contributed by atoms with Crippen molar-refractivity contribution in [3.8, 4) is 33.4 Å². The zero-order valence-electron chi connectivity index (χ0n) is 31.6. The predicted molar refractivity (Wildman–Crippen MR) is 245 cm³/mol. The molecule has 0 saturated carbocycles. The smallest absolute Gasteiger partial charge is 0.0467 e. The second kappa shape index (κ2) is 13.8. The van der Waals surface area contributed by atoms with E-state index < -0.39 is 0 Å². The van der Waals surface area contributed by atoms with E-state index in [1.54, 1.807) is 0 Å². The molecule has 1 aliphatic carbocycles. The molecule has 0 saturated heterocycles. The quantitative estimate of drug-likeness (QED) is 0.154. The molecule has 0 heterocycles. The van der Waals surface area contributed by atoms with E-state index in [1.807, 2.05) is 0 Å². The Hall–Kier alpha value is -7.22. The summed E-state index contributed by atoms with van der Waals surface area (Å²) in [6.45, 7) is 0. The standard InChI is InChI=1S/C56H39N/c1-2-13-38(14-3-1)42-17-12-18-47(35-42)57(45-31-27-40(28-32-45)54-36-43-16-5-6-19-48(43)50-21-8-9-22-51(50)54)46-33-29-41(30-34-46)55-37-44-26-25-39-15-4-7-20-49(39)56(44)53-24-11-10-23-52(53)55/h1-10,12-23,25-37H,11,24H2. The Morgan fingerprint density at radius 2 is 0.947 bits per heavy atom. The normalized spacial score (nSPS) is 12.4. The molecule has 0 atom stereocenters. The molecule has 0 amide bonds. The van der Waals surface area contributed by atoms with Gasteiger partial charge < -0.3 is 4.90 Å². The van der Waals surface area contributed by atoms with Gasteiger partial charge in [-0.1, -0.05) is 164 Å². The first-order valence-electron chi connectivity index (χ1n) is 20.0. The number of anilines is 3. The lowest BCUT2D eigenvalue weighted by Gasteiger charge is -2.27. The zero-order chi connectivity index (χ0) is 37.7. The summed E-state index contributed by atoms with van der Waals surface area (Å²) in [6, 6.07) is 73.5. The van der Waals surface area contributed by atoms with Crippen LogP contribution in [0.2, 0.25) is 0 Å². The van der Waals surface area contributed by atoms with Crippen LogP contribution in [0.15, 0.2) is 206 Å². The van der Waals surface area contributed by atoms with Gasteiger partial charge in [-0.25, -0.2) is 0 Å². The maximum Gasteiger partial charge on any atom is 0.0467 e. The van der Waals surface area contributed by atoms with E-state index in [0.29, 0.717) is 0 Å². The van der Waals surface area contributed by atoms with Gasteiger partial charge in [0.15, 0.2) is 0 Å². The minimum Gasteiger partial charge on any atom is -0.310 e. The second-order valence-corrected chi connectivity index (χ2v) is 15.2. The third-order valence-corrected chi connectivity index (χ3v) is 11.9. The van der Waals surface area contributed by atoms with Crippen molar-refractivity contribution in [2.75, 3.05) is 4.90 Å². The number of nitrogens with zero attached hydrogens (tertiary/aromatic N) is 1. The van der Waals surface area contributed by atoms with Gasteiger partial charge in [0.2, 0.25) is 0 Å². The molecule has 11 rings (SSSR count). The molecule has 0 spiro atoms. The average Bonchev–Trinajstić information content (AvgIpc) is 3.29. The molecule has 0 radical (unpaired) electrons. The van der Waals surface area contributed by atoms with Gasteiger partial charge in [-0.05, 0) is 149 Å². The Morgan fingerprint density at radius 1 is 0.351 bits per heavy atom. The van der Waals surface area contributed by atoms with Crippen LogP contribution in [0.25, 0.3) is 82.5 Å². The first kappa shape index (κ1) is 33.1. The van der Waals surface area contributed by atoms with Crippen LogP contribution < -0.4 is 4.90 Å². The molecule has 10 aromatic carbocycles. The fraction of sp³-hybridized carbons (Fsp3) is 0.0357. The summed E-state index contributed by atoms with van der Waals surface area (Å²) in [7, 11) is 0. The molecule has 1 aliphatic rings. The molecule has 1 heteroatoms. The van der Waals surface area contributed by atoms with Crippen LogP contribution in [0.4, 0.5) is 17.1 Å². The summed E-state index contributed by atoms with van der Waals surface area (Å²) in [5, 5.41) is 10.4. The first-order chi connectivity index (χ1) is 28.3. The molecule has 10 aromatic rings. The Morgan fingerprint density at radius 3 is 1.72 bits per heavy atom. The highest BCUT2D eigenvalue weighted by Crippen LogP contribution is 2.43. The number of benzene rings is 10. The third kappa shape index (κ3) is 5.79. The largest absolute Gasteiger partial charge is 0.310 e. The average molecular weight is 726 g/mol. The van der Waals surface area contributed by atoms with Crippen molar-refractivity contribution in [1.82, 2.24) is 0 Å². The molecular weight excluding hydrogens is 687 g/mol. The van der Waals surface area contributed by atoms with Crippen molar-refractivity contribution in [3.05, 3.63) is 217 Å². The van der Waals surface area contributed by atoms with Gasteiger partial charge in [-0.2, -0.15) is 0 Å². The van der Waals surface area contributed by atoms with E-state index in [9.17, 15) is 0 Å². The summed E-state index contributed by atoms with van der Waals surface area (Å²) in [5.74, 6) is 0. The third-order valence-electron chi connectivity index (χ3n) is 11.9. The van der Waals surface area contributed by atoms with Crippen molar-refractivity contribution < 1.29 is 0 Å². The highest BCUT2D eigenvalue weighted by atomic mass is 15.1. The molecule has 0 N–H and O–H groups in total. The van der Waals surface area contributed by atoms with Gasteiger partial charge >= 0.3 is 0 Å². The molecule has 0 bridgehead atoms. The Bertz CT molecular complexity index is 3150. The first-order valence-corrected chi connectivity index (χ1v) is 20.0. The number of fused-ring (bicyclic) bond motifs is 8. The van der Waals surface area contributed by atoms with Crippen molar-refractivity contribution in [2.45, 2.75) is 12.8 Å². The molecule has 0 unspecified atom stereocenters. The van der Waals surface area contributed by atoms with E-state index >= 15 is 0 Å². The Kier molecular flexibility index (Phi) is 8.03. The number of rotatable bonds is 6. The highest BCUT2D eigenvalue weighted by molar-refractivity contribution is 6.14. The van der Waals surface area contributed by atoms with Gasteiger partial charge in [0, 0.05) is 17.1 Å². The molecule has 0 fully saturated rings. The van der Waals surface area contributed by atoms with Crippen LogP contribution in [0.1, 0.15) is 17.5 Å². The number of hydrogen-bond acceptors (Lipinski definition) is 1. The maximum absolute atomic E-state index is 2.40. The summed E-state index contributed by atoms with van der Waals surface area (Å²) in [5.41, 5.74) is 13.5. The van der Waals surface area contributed by atoms with E-state index in [1.165, 1.54) is 87.6 Å². The SMILES string of the molecule is C1=Cc2c(-c3ccc(N(c4ccc(-c5cc6ccccc6c6ccccc56)cc4)c4cccc(-c5ccccc5)c4)cc3)cc3ccc4ccccc4c3c2CC1. The van der Waals surface area contributed by atoms with Crippen molar-refractivity contribution >= 4 is 66.2 Å². The van der Waals surface area contributed by atoms with Gasteiger partial charge in [0.1, 0.15) is 0 Å². The molecule has 1 nitrogen and oxygen atoms in total. The molecule has 57 heavy (non-hydrogen) atoms. The van der Waals surface area contributed by atoms with Gasteiger partial charge in [-0.15, -0.1) is 0 Å². The maximum atomic E-state index is 2.40. The van der Waals surface area contributed by atoms with Crippen LogP contribution in [0, 0.1) is 0 Å². The summed E-state index contributed by atoms with van der Waals surface area (Å²) in [4.78, 5) is 2.39. The monoisotopic (exact) mass is 725 g/mol. The topological polar surface area (TPSA) is 3.24 Å². The van der Waals surface area contributed by atoms with E-state index in [2.05, 4.69) is 217 Å². The van der Waals surface area contributed by atoms with E-state index in [0.717, 1.165) is 29.9 Å². The van der Waals surface area contributed by atoms with E-state index in [4.69, 9.17) is 0 Å². The number of hydrogen-bond donors (Lipinski definition) is 0. The lowest BCUT2D eigenvalue weighted by atomic mass is 9.84. The van der Waals surface area contributed by atoms with E-state index in [-0.39, 0.29) is 0 Å². The van der Waals surface area contributed by atoms with Crippen LogP contribution >= 0.6 is 0 Å². The number of allylic oxidation sites excluding steroid dienone is 1. The van der Waals surface area contributed by atoms with Crippen LogP contribution in [0.3, 0.4) is 0 Å². The molecule has 0 aromatic heterocycles. The second-order valence-electron chi connectivity index (χ2n) is 15.2.